The Hall–Kier alpha value is -3.43. The van der Waals surface area contributed by atoms with Gasteiger partial charge in [-0.3, -0.25) is 24.6 Å². The van der Waals surface area contributed by atoms with Crippen molar-refractivity contribution < 1.29 is 28.7 Å². The molecule has 30 heavy (non-hydrogen) atoms. The van der Waals surface area contributed by atoms with Gasteiger partial charge in [-0.05, 0) is 25.3 Å². The van der Waals surface area contributed by atoms with Crippen molar-refractivity contribution in [1.82, 2.24) is 20.9 Å². The molecule has 1 aromatic rings. The molecule has 0 aliphatic carbocycles. The summed E-state index contributed by atoms with van der Waals surface area (Å²) in [6, 6.07) is 7.68. The van der Waals surface area contributed by atoms with Crippen LogP contribution < -0.4 is 16.0 Å². The van der Waals surface area contributed by atoms with Crippen molar-refractivity contribution in [2.45, 2.75) is 51.8 Å². The zero-order valence-electron chi connectivity index (χ0n) is 17.2. The standard InChI is InChI=1S/C20H26N4O6/c1-4-20(5-2)17(27)24(19(29)23-20)12-15(25)30-13(3)16(26)22-18(28)21-11-14-9-7-6-8-10-14/h6-10,13H,4-5,11-12H2,1-3H3,(H,23,29)(H2,21,22,26,28)/t13-/m0/s1. The van der Waals surface area contributed by atoms with E-state index in [4.69, 9.17) is 4.74 Å². The van der Waals surface area contributed by atoms with Crippen LogP contribution in [-0.2, 0) is 25.7 Å². The highest BCUT2D eigenvalue weighted by Gasteiger charge is 2.49. The first-order valence-corrected chi connectivity index (χ1v) is 9.68. The molecule has 1 saturated heterocycles. The molecule has 0 radical (unpaired) electrons. The van der Waals surface area contributed by atoms with Crippen LogP contribution in [0.3, 0.4) is 0 Å². The van der Waals surface area contributed by atoms with Crippen LogP contribution in [0.1, 0.15) is 39.2 Å². The number of rotatable bonds is 8. The van der Waals surface area contributed by atoms with E-state index < -0.39 is 48.0 Å². The molecule has 3 N–H and O–H groups in total. The molecule has 0 spiro atoms. The van der Waals surface area contributed by atoms with Gasteiger partial charge in [0.05, 0.1) is 0 Å². The summed E-state index contributed by atoms with van der Waals surface area (Å²) in [7, 11) is 0. The first-order valence-electron chi connectivity index (χ1n) is 9.68. The highest BCUT2D eigenvalue weighted by atomic mass is 16.5. The Bertz CT molecular complexity index is 822. The Balaban J connectivity index is 1.82. The van der Waals surface area contributed by atoms with Gasteiger partial charge in [0.1, 0.15) is 12.1 Å². The molecule has 2 rings (SSSR count). The minimum atomic E-state index is -1.29. The van der Waals surface area contributed by atoms with Crippen molar-refractivity contribution in [3.63, 3.8) is 0 Å². The van der Waals surface area contributed by atoms with E-state index in [9.17, 15) is 24.0 Å². The molecule has 0 bridgehead atoms. The third kappa shape index (κ3) is 5.34. The number of imide groups is 2. The number of nitrogens with one attached hydrogen (secondary N) is 3. The predicted molar refractivity (Wildman–Crippen MR) is 106 cm³/mol. The van der Waals surface area contributed by atoms with E-state index in [1.807, 2.05) is 30.3 Å². The van der Waals surface area contributed by atoms with Crippen molar-refractivity contribution in [3.05, 3.63) is 35.9 Å². The predicted octanol–water partition coefficient (Wildman–Crippen LogP) is 1.05. The summed E-state index contributed by atoms with van der Waals surface area (Å²) in [5.74, 6) is -2.27. The van der Waals surface area contributed by atoms with Crippen LogP contribution in [0.15, 0.2) is 30.3 Å². The summed E-state index contributed by atoms with van der Waals surface area (Å²) in [6.45, 7) is 4.41. The second kappa shape index (κ2) is 9.86. The molecule has 10 nitrogen and oxygen atoms in total. The summed E-state index contributed by atoms with van der Waals surface area (Å²) in [5, 5.41) is 7.18. The number of ether oxygens (including phenoxy) is 1. The van der Waals surface area contributed by atoms with Crippen LogP contribution in [0.4, 0.5) is 9.59 Å². The molecule has 1 atom stereocenters. The molecular formula is C20H26N4O6. The maximum absolute atomic E-state index is 12.5. The number of nitrogens with zero attached hydrogens (tertiary/aromatic N) is 1. The monoisotopic (exact) mass is 418 g/mol. The van der Waals surface area contributed by atoms with E-state index in [2.05, 4.69) is 16.0 Å². The molecule has 1 fully saturated rings. The largest absolute Gasteiger partial charge is 0.451 e. The lowest BCUT2D eigenvalue weighted by molar-refractivity contribution is -0.156. The van der Waals surface area contributed by atoms with Crippen LogP contribution in [-0.4, -0.2) is 52.9 Å². The van der Waals surface area contributed by atoms with Gasteiger partial charge in [0.15, 0.2) is 6.10 Å². The van der Waals surface area contributed by atoms with Gasteiger partial charge in [0.25, 0.3) is 11.8 Å². The second-order valence-corrected chi connectivity index (χ2v) is 6.90. The zero-order valence-corrected chi connectivity index (χ0v) is 17.2. The summed E-state index contributed by atoms with van der Waals surface area (Å²) in [6.07, 6.45) is -0.518. The molecule has 0 saturated carbocycles. The lowest BCUT2D eigenvalue weighted by Crippen LogP contribution is -2.47. The van der Waals surface area contributed by atoms with Crippen LogP contribution in [0.5, 0.6) is 0 Å². The average Bonchev–Trinajstić information content (AvgIpc) is 2.97. The van der Waals surface area contributed by atoms with E-state index in [0.717, 1.165) is 10.5 Å². The molecule has 10 heteroatoms. The summed E-state index contributed by atoms with van der Waals surface area (Å²) in [4.78, 5) is 61.3. The van der Waals surface area contributed by atoms with Crippen LogP contribution in [0, 0.1) is 0 Å². The van der Waals surface area contributed by atoms with Crippen molar-refractivity contribution in [1.29, 1.82) is 0 Å². The highest BCUT2D eigenvalue weighted by Crippen LogP contribution is 2.24. The van der Waals surface area contributed by atoms with Gasteiger partial charge in [-0.25, -0.2) is 9.59 Å². The maximum Gasteiger partial charge on any atom is 0.327 e. The Kier molecular flexibility index (Phi) is 7.51. The summed E-state index contributed by atoms with van der Waals surface area (Å²) in [5.41, 5.74) is -0.180. The number of carbonyl (C=O) groups is 5. The van der Waals surface area contributed by atoms with Crippen molar-refractivity contribution >= 4 is 29.8 Å². The van der Waals surface area contributed by atoms with E-state index >= 15 is 0 Å². The Morgan fingerprint density at radius 1 is 1.13 bits per heavy atom. The smallest absolute Gasteiger partial charge is 0.327 e. The SMILES string of the molecule is CCC1(CC)NC(=O)N(CC(=O)O[C@@H](C)C(=O)NC(=O)NCc2ccccc2)C1=O. The minimum Gasteiger partial charge on any atom is -0.451 e. The lowest BCUT2D eigenvalue weighted by Gasteiger charge is -2.23. The van der Waals surface area contributed by atoms with E-state index in [1.165, 1.54) is 6.92 Å². The number of hydrogen-bond acceptors (Lipinski definition) is 6. The molecule has 162 valence electrons. The van der Waals surface area contributed by atoms with E-state index in [1.54, 1.807) is 13.8 Å². The molecule has 0 unspecified atom stereocenters. The van der Waals surface area contributed by atoms with Crippen molar-refractivity contribution in [2.24, 2.45) is 0 Å². The number of benzene rings is 1. The molecule has 6 amide bonds. The normalized spacial score (nSPS) is 15.9. The number of carbonyl (C=O) groups excluding carboxylic acids is 5. The van der Waals surface area contributed by atoms with Crippen LogP contribution in [0.2, 0.25) is 0 Å². The fraction of sp³-hybridized carbons (Fsp3) is 0.450. The minimum absolute atomic E-state index is 0.219. The van der Waals surface area contributed by atoms with Gasteiger partial charge in [0, 0.05) is 6.54 Å². The maximum atomic E-state index is 12.5. The molecule has 1 aliphatic heterocycles. The lowest BCUT2D eigenvalue weighted by atomic mass is 9.93. The summed E-state index contributed by atoms with van der Waals surface area (Å²) >= 11 is 0. The summed E-state index contributed by atoms with van der Waals surface area (Å²) < 4.78 is 4.96. The van der Waals surface area contributed by atoms with Crippen molar-refractivity contribution in [3.8, 4) is 0 Å². The van der Waals surface area contributed by atoms with Gasteiger partial charge in [-0.2, -0.15) is 0 Å². The Morgan fingerprint density at radius 2 is 1.77 bits per heavy atom. The van der Waals surface area contributed by atoms with Gasteiger partial charge in [-0.1, -0.05) is 44.2 Å². The number of esters is 1. The second-order valence-electron chi connectivity index (χ2n) is 6.90. The molecule has 0 aromatic heterocycles. The van der Waals surface area contributed by atoms with Crippen LogP contribution in [0.25, 0.3) is 0 Å². The quantitative estimate of drug-likeness (QED) is 0.427. The first-order chi connectivity index (χ1) is 14.2. The first kappa shape index (κ1) is 22.9. The molecular weight excluding hydrogens is 392 g/mol. The molecule has 1 heterocycles. The third-order valence-electron chi connectivity index (χ3n) is 4.95. The number of amides is 6. The topological polar surface area (TPSA) is 134 Å². The van der Waals surface area contributed by atoms with Gasteiger partial charge in [0.2, 0.25) is 0 Å². The van der Waals surface area contributed by atoms with E-state index in [0.29, 0.717) is 12.8 Å². The number of urea groups is 2. The van der Waals surface area contributed by atoms with Crippen LogP contribution >= 0.6 is 0 Å². The molecule has 1 aliphatic rings. The zero-order chi connectivity index (χ0) is 22.3. The van der Waals surface area contributed by atoms with Crippen molar-refractivity contribution in [2.75, 3.05) is 6.54 Å². The fourth-order valence-electron chi connectivity index (χ4n) is 3.00. The third-order valence-corrected chi connectivity index (χ3v) is 4.95. The number of hydrogen-bond donors (Lipinski definition) is 3. The Morgan fingerprint density at radius 3 is 2.33 bits per heavy atom. The highest BCUT2D eigenvalue weighted by molar-refractivity contribution is 6.08. The average molecular weight is 418 g/mol. The van der Waals surface area contributed by atoms with E-state index in [-0.39, 0.29) is 6.54 Å². The van der Waals surface area contributed by atoms with Gasteiger partial charge in [-0.15, -0.1) is 0 Å². The van der Waals surface area contributed by atoms with Gasteiger partial charge < -0.3 is 15.4 Å². The fourth-order valence-corrected chi connectivity index (χ4v) is 3.00. The molecule has 1 aromatic carbocycles. The van der Waals surface area contributed by atoms with Gasteiger partial charge >= 0.3 is 18.0 Å². The Labute approximate surface area is 174 Å².